The van der Waals surface area contributed by atoms with Gasteiger partial charge in [0.2, 0.25) is 0 Å². The molecule has 0 bridgehead atoms. The molecule has 0 saturated heterocycles. The van der Waals surface area contributed by atoms with Gasteiger partial charge < -0.3 is 2.85 Å². The van der Waals surface area contributed by atoms with Crippen molar-refractivity contribution in [2.45, 2.75) is 0 Å². The van der Waals surface area contributed by atoms with Gasteiger partial charge in [0.1, 0.15) is 0 Å². The first-order valence-corrected chi connectivity index (χ1v) is 6.48. The molecule has 0 rings (SSSR count). The normalized spacial score (nSPS) is 4.17. The van der Waals surface area contributed by atoms with E-state index in [1.165, 1.54) is 0 Å². The first-order chi connectivity index (χ1) is 3.46. The van der Waals surface area contributed by atoms with Crippen LogP contribution in [0.2, 0.25) is 0 Å². The van der Waals surface area contributed by atoms with Crippen LogP contribution in [0.15, 0.2) is 0 Å². The van der Waals surface area contributed by atoms with E-state index in [1.54, 1.807) is 0 Å². The van der Waals surface area contributed by atoms with E-state index < -0.39 is 37.6 Å². The molecule has 6 nitrogen and oxygen atoms in total. The van der Waals surface area contributed by atoms with Gasteiger partial charge in [-0.3, -0.25) is 0 Å². The summed E-state index contributed by atoms with van der Waals surface area (Å²) in [5.41, 5.74) is 0. The fraction of sp³-hybridized carbons (Fsp3) is 0. The monoisotopic (exact) mass is 782 g/mol. The second kappa shape index (κ2) is 29.3. The van der Waals surface area contributed by atoms with Gasteiger partial charge >= 0.3 is 97.3 Å². The molecule has 0 aromatic rings. The molecule has 68 valence electrons. The zero-order chi connectivity index (χ0) is 7.15. The van der Waals surface area contributed by atoms with Gasteiger partial charge in [0.05, 0.1) is 0 Å². The molecule has 0 spiro atoms. The molecule has 0 N–H and O–H groups in total. The molecule has 0 unspecified atom stereocenters. The Labute approximate surface area is 152 Å². The molecular formula is H2MgNb2NiO6Pb2. The van der Waals surface area contributed by atoms with Gasteiger partial charge in [-0.25, -0.2) is 0 Å². The van der Waals surface area contributed by atoms with Gasteiger partial charge in [-0.1, -0.05) is 0 Å². The van der Waals surface area contributed by atoms with Crippen molar-refractivity contribution in [3.05, 3.63) is 0 Å². The topological polar surface area (TPSA) is 114 Å². The van der Waals surface area contributed by atoms with Crippen molar-refractivity contribution in [2.75, 3.05) is 0 Å². The van der Waals surface area contributed by atoms with Gasteiger partial charge in [-0.2, -0.15) is 0 Å². The first-order valence-electron chi connectivity index (χ1n) is 1.10. The van der Waals surface area contributed by atoms with E-state index in [0.29, 0.717) is 0 Å². The molecule has 0 aliphatic heterocycles. The average Bonchev–Trinajstić information content (AvgIpc) is 1.25. The summed E-state index contributed by atoms with van der Waals surface area (Å²) in [5, 5.41) is 0. The maximum absolute atomic E-state index is 8.60. The quantitative estimate of drug-likeness (QED) is 0.234. The van der Waals surface area contributed by atoms with Crippen molar-refractivity contribution in [1.29, 1.82) is 0 Å². The average molecular weight is 781 g/mol. The third kappa shape index (κ3) is 161. The molecule has 0 heterocycles. The maximum atomic E-state index is 8.60. The Hall–Kier alpha value is 3.70. The van der Waals surface area contributed by atoms with Crippen LogP contribution in [0.25, 0.3) is 0 Å². The molecule has 0 aliphatic carbocycles. The Balaban J connectivity index is -0.00000000600. The summed E-state index contributed by atoms with van der Waals surface area (Å²) in [6, 6.07) is 0. The Morgan fingerprint density at radius 1 is 0.833 bits per heavy atom. The van der Waals surface area contributed by atoms with Gasteiger partial charge in [0.15, 0.2) is 0 Å². The summed E-state index contributed by atoms with van der Waals surface area (Å²) in [6.07, 6.45) is 0. The van der Waals surface area contributed by atoms with Crippen molar-refractivity contribution in [3.63, 3.8) is 0 Å². The van der Waals surface area contributed by atoms with Crippen LogP contribution in [0.4, 0.5) is 0 Å². The van der Waals surface area contributed by atoms with Crippen molar-refractivity contribution < 1.29 is 77.1 Å². The van der Waals surface area contributed by atoms with Gasteiger partial charge in [0.25, 0.3) is 0 Å². The van der Waals surface area contributed by atoms with Crippen LogP contribution in [-0.2, 0) is 67.1 Å². The molecule has 0 aromatic carbocycles. The number of rotatable bonds is 0. The second-order valence-electron chi connectivity index (χ2n) is 0.447. The summed E-state index contributed by atoms with van der Waals surface area (Å²) in [7, 11) is 0. The van der Waals surface area contributed by atoms with E-state index in [1.807, 2.05) is 0 Å². The fourth-order valence-corrected chi connectivity index (χ4v) is 0. The summed E-state index contributed by atoms with van der Waals surface area (Å²) in [5.74, 6) is 0. The van der Waals surface area contributed by atoms with Gasteiger partial charge in [0, 0.05) is 54.6 Å². The minimum atomic E-state index is -4.20. The third-order valence-corrected chi connectivity index (χ3v) is 0. The Kier molecular flexibility index (Phi) is 88.1. The van der Waals surface area contributed by atoms with Crippen LogP contribution in [0.5, 0.6) is 0 Å². The van der Waals surface area contributed by atoms with E-state index in [2.05, 4.69) is 0 Å². The second-order valence-corrected chi connectivity index (χ2v) is 2.65. The standard InChI is InChI=1S/Mg.2Nb.Ni.6O.2Pb.2H/q+2;;;+2;;;;;2*-1;;;2*-1. The molecule has 12 heavy (non-hydrogen) atoms. The molecule has 0 amide bonds. The largest absolute Gasteiger partial charge is 0 e. The van der Waals surface area contributed by atoms with Crippen LogP contribution < -0.4 is 7.23 Å². The van der Waals surface area contributed by atoms with Crippen LogP contribution in [0.1, 0.15) is 2.85 Å². The van der Waals surface area contributed by atoms with E-state index in [4.69, 9.17) is 20.2 Å². The Bertz CT molecular complexity index is 149. The van der Waals surface area contributed by atoms with E-state index >= 15 is 0 Å². The third-order valence-electron chi connectivity index (χ3n) is 0. The van der Waals surface area contributed by atoms with Crippen molar-refractivity contribution in [2.24, 2.45) is 0 Å². The molecule has 0 fully saturated rings. The minimum Gasteiger partial charge on any atom is 0 e. The number of hydrogen-bond donors (Lipinski definition) is 0. The predicted molar refractivity (Wildman–Crippen MR) is 22.2 cm³/mol. The summed E-state index contributed by atoms with van der Waals surface area (Å²) in [6.45, 7) is 0. The van der Waals surface area contributed by atoms with Gasteiger partial charge in [-0.15, -0.1) is 0 Å². The first kappa shape index (κ1) is 36.1. The van der Waals surface area contributed by atoms with Crippen molar-refractivity contribution in [1.82, 2.24) is 0 Å². The smallest absolute Gasteiger partial charge is 0 e. The van der Waals surface area contributed by atoms with Crippen molar-refractivity contribution in [3.8, 4) is 0 Å². The zero-order valence-corrected chi connectivity index (χ0v) is 19.9. The molecule has 0 atom stereocenters. The predicted octanol–water partition coefficient (Wildman–Crippen LogP) is -3.78. The van der Waals surface area contributed by atoms with Crippen LogP contribution in [0, 0.1) is 0 Å². The van der Waals surface area contributed by atoms with Crippen molar-refractivity contribution >= 4 is 77.7 Å². The van der Waals surface area contributed by atoms with E-state index in [9.17, 15) is 0 Å². The molecule has 12 heteroatoms. The van der Waals surface area contributed by atoms with Gasteiger partial charge in [-0.05, 0) is 0 Å². The van der Waals surface area contributed by atoms with Crippen LogP contribution in [0.3, 0.4) is 0 Å². The summed E-state index contributed by atoms with van der Waals surface area (Å²) < 4.78 is 51.6. The molecular weight excluding hydrogens is 779 g/mol. The van der Waals surface area contributed by atoms with Crippen LogP contribution >= 0.6 is 0 Å². The summed E-state index contributed by atoms with van der Waals surface area (Å²) in [4.78, 5) is 0. The molecule has 0 saturated carbocycles. The maximum Gasteiger partial charge on any atom is 0 e. The Morgan fingerprint density at radius 3 is 0.833 bits per heavy atom. The minimum absolute atomic E-state index is 0. The van der Waals surface area contributed by atoms with E-state index in [-0.39, 0.29) is 97.0 Å². The molecule has 0 aliphatic rings. The fourth-order valence-electron chi connectivity index (χ4n) is 0. The molecule has 8 radical (unpaired) electrons. The molecule has 0 aromatic heterocycles. The number of hydrogen-bond acceptors (Lipinski definition) is 6. The van der Waals surface area contributed by atoms with Crippen LogP contribution in [-0.4, -0.2) is 77.7 Å². The Morgan fingerprint density at radius 2 is 0.833 bits per heavy atom. The van der Waals surface area contributed by atoms with E-state index in [0.717, 1.165) is 0 Å². The zero-order valence-electron chi connectivity index (χ0n) is 7.37. The summed E-state index contributed by atoms with van der Waals surface area (Å²) >= 11 is -8.40. The SMILES string of the molecule is [H-].[H-].[Mg+2].[Ni+2].[O]=[Nb](=[O])[O-].[O]=[Nb](=[O])[O-].[Pb].[Pb].